The molecule has 206 valence electrons. The van der Waals surface area contributed by atoms with Crippen molar-refractivity contribution in [1.29, 1.82) is 0 Å². The lowest BCUT2D eigenvalue weighted by Gasteiger charge is -2.17. The average Bonchev–Trinajstić information content (AvgIpc) is 2.89. The predicted molar refractivity (Wildman–Crippen MR) is 132 cm³/mol. The lowest BCUT2D eigenvalue weighted by molar-refractivity contribution is -0.274. The molecule has 0 aliphatic heterocycles. The summed E-state index contributed by atoms with van der Waals surface area (Å²) < 4.78 is 81.6. The van der Waals surface area contributed by atoms with Gasteiger partial charge in [-0.3, -0.25) is 9.59 Å². The molecule has 0 aliphatic carbocycles. The van der Waals surface area contributed by atoms with E-state index in [-0.39, 0.29) is 34.2 Å². The second-order valence-corrected chi connectivity index (χ2v) is 8.05. The molecular formula is C27H18F5N3O5. The maximum absolute atomic E-state index is 15.5. The second-order valence-electron chi connectivity index (χ2n) is 8.05. The van der Waals surface area contributed by atoms with Crippen molar-refractivity contribution in [2.24, 2.45) is 5.73 Å². The number of benzene rings is 3. The van der Waals surface area contributed by atoms with Gasteiger partial charge in [-0.2, -0.15) is 0 Å². The number of nitrogens with zero attached hydrogens (tertiary/aromatic N) is 1. The normalized spacial score (nSPS) is 11.1. The number of nitrogens with two attached hydrogens (primary N) is 1. The summed E-state index contributed by atoms with van der Waals surface area (Å²) in [6, 6.07) is 12.9. The molecule has 0 radical (unpaired) electrons. The van der Waals surface area contributed by atoms with Crippen LogP contribution >= 0.6 is 0 Å². The molecule has 8 nitrogen and oxygen atoms in total. The van der Waals surface area contributed by atoms with E-state index in [9.17, 15) is 27.2 Å². The van der Waals surface area contributed by atoms with Crippen molar-refractivity contribution in [3.8, 4) is 34.1 Å². The number of ether oxygens (including phenoxy) is 3. The Morgan fingerprint density at radius 1 is 0.875 bits per heavy atom. The summed E-state index contributed by atoms with van der Waals surface area (Å²) in [6.45, 7) is 0. The average molecular weight is 559 g/mol. The highest BCUT2D eigenvalue weighted by Gasteiger charge is 2.31. The van der Waals surface area contributed by atoms with Gasteiger partial charge in [0.2, 0.25) is 0 Å². The van der Waals surface area contributed by atoms with E-state index in [1.165, 1.54) is 30.3 Å². The smallest absolute Gasteiger partial charge is 0.493 e. The van der Waals surface area contributed by atoms with Crippen molar-refractivity contribution in [3.05, 3.63) is 95.8 Å². The second kappa shape index (κ2) is 11.3. The van der Waals surface area contributed by atoms with Crippen LogP contribution in [0.5, 0.6) is 23.0 Å². The Kier molecular flexibility index (Phi) is 7.84. The van der Waals surface area contributed by atoms with E-state index < -0.39 is 41.1 Å². The van der Waals surface area contributed by atoms with Crippen LogP contribution < -0.4 is 25.3 Å². The monoisotopic (exact) mass is 559 g/mol. The van der Waals surface area contributed by atoms with Crippen LogP contribution in [0.15, 0.2) is 72.9 Å². The minimum Gasteiger partial charge on any atom is -0.493 e. The zero-order valence-corrected chi connectivity index (χ0v) is 20.4. The quantitative estimate of drug-likeness (QED) is 0.253. The number of anilines is 1. The highest BCUT2D eigenvalue weighted by molar-refractivity contribution is 6.07. The molecule has 0 unspecified atom stereocenters. The van der Waals surface area contributed by atoms with Crippen molar-refractivity contribution in [3.63, 3.8) is 0 Å². The van der Waals surface area contributed by atoms with Crippen LogP contribution in [0.4, 0.5) is 27.6 Å². The predicted octanol–water partition coefficient (Wildman–Crippen LogP) is 6.08. The van der Waals surface area contributed by atoms with Gasteiger partial charge in [0, 0.05) is 6.07 Å². The molecular weight excluding hydrogens is 541 g/mol. The summed E-state index contributed by atoms with van der Waals surface area (Å²) in [5.74, 6) is -4.68. The molecule has 0 saturated heterocycles. The Labute approximate surface area is 223 Å². The number of methoxy groups -OCH3 is 1. The maximum atomic E-state index is 15.5. The summed E-state index contributed by atoms with van der Waals surface area (Å²) >= 11 is 0. The number of carbonyl (C=O) groups excluding carboxylic acids is 2. The fourth-order valence-electron chi connectivity index (χ4n) is 3.55. The number of hydrogen-bond acceptors (Lipinski definition) is 6. The lowest BCUT2D eigenvalue weighted by atomic mass is 10.0. The Balaban J connectivity index is 1.75. The molecule has 0 fully saturated rings. The van der Waals surface area contributed by atoms with Gasteiger partial charge < -0.3 is 25.3 Å². The SMILES string of the molecule is COc1cc(OC(F)(F)F)ccc1Oc1cc(-c2ccc(F)cc2)cc(F)c1C(=O)Nc1ccc(C(N)=O)nc1. The number of aromatic nitrogens is 1. The Hall–Kier alpha value is -5.20. The number of amides is 2. The molecule has 0 aliphatic rings. The van der Waals surface area contributed by atoms with Crippen molar-refractivity contribution < 1.29 is 45.8 Å². The van der Waals surface area contributed by atoms with Crippen LogP contribution in [0.2, 0.25) is 0 Å². The van der Waals surface area contributed by atoms with Crippen LogP contribution in [0.3, 0.4) is 0 Å². The Morgan fingerprint density at radius 3 is 2.20 bits per heavy atom. The molecule has 4 rings (SSSR count). The molecule has 2 amide bonds. The first-order valence-electron chi connectivity index (χ1n) is 11.2. The van der Waals surface area contributed by atoms with Gasteiger partial charge in [-0.1, -0.05) is 12.1 Å². The van der Waals surface area contributed by atoms with E-state index in [4.69, 9.17) is 15.2 Å². The maximum Gasteiger partial charge on any atom is 0.573 e. The van der Waals surface area contributed by atoms with Gasteiger partial charge in [0.1, 0.15) is 34.4 Å². The summed E-state index contributed by atoms with van der Waals surface area (Å²) in [5, 5.41) is 2.42. The van der Waals surface area contributed by atoms with E-state index in [2.05, 4.69) is 15.0 Å². The number of rotatable bonds is 8. The van der Waals surface area contributed by atoms with Gasteiger partial charge >= 0.3 is 6.36 Å². The summed E-state index contributed by atoms with van der Waals surface area (Å²) in [7, 11) is 1.16. The molecule has 1 heterocycles. The number of primary amides is 1. The zero-order chi connectivity index (χ0) is 29.0. The first kappa shape index (κ1) is 27.8. The van der Waals surface area contributed by atoms with Gasteiger partial charge in [-0.15, -0.1) is 13.2 Å². The van der Waals surface area contributed by atoms with Gasteiger partial charge in [0.15, 0.2) is 11.5 Å². The van der Waals surface area contributed by atoms with Crippen LogP contribution in [0.25, 0.3) is 11.1 Å². The molecule has 0 atom stereocenters. The standard InChI is InChI=1S/C27H18F5N3O5/c1-38-22-12-18(40-27(30,31)32)7-9-21(22)39-23-11-15(14-2-4-16(28)5-3-14)10-19(29)24(23)26(37)35-17-6-8-20(25(33)36)34-13-17/h2-13H,1H3,(H2,33,36)(H,35,37). The van der Waals surface area contributed by atoms with Crippen LogP contribution in [0.1, 0.15) is 20.8 Å². The van der Waals surface area contributed by atoms with E-state index in [1.807, 2.05) is 0 Å². The summed E-state index contributed by atoms with van der Waals surface area (Å²) in [6.07, 6.45) is -3.83. The number of carbonyl (C=O) groups is 2. The first-order chi connectivity index (χ1) is 18.9. The summed E-state index contributed by atoms with van der Waals surface area (Å²) in [5.41, 5.74) is 5.18. The van der Waals surface area contributed by atoms with Crippen LogP contribution in [-0.4, -0.2) is 30.3 Å². The van der Waals surface area contributed by atoms with Crippen molar-refractivity contribution in [2.45, 2.75) is 6.36 Å². The number of halogens is 5. The molecule has 3 aromatic carbocycles. The van der Waals surface area contributed by atoms with E-state index in [0.717, 1.165) is 49.7 Å². The molecule has 13 heteroatoms. The van der Waals surface area contributed by atoms with E-state index in [0.29, 0.717) is 5.56 Å². The molecule has 3 N–H and O–H groups in total. The molecule has 0 bridgehead atoms. The third-order valence-corrected chi connectivity index (χ3v) is 5.32. The topological polar surface area (TPSA) is 113 Å². The molecule has 40 heavy (non-hydrogen) atoms. The minimum atomic E-state index is -4.96. The fourth-order valence-corrected chi connectivity index (χ4v) is 3.55. The number of alkyl halides is 3. The zero-order valence-electron chi connectivity index (χ0n) is 20.4. The minimum absolute atomic E-state index is 0.0677. The molecule has 0 spiro atoms. The van der Waals surface area contributed by atoms with Crippen molar-refractivity contribution in [2.75, 3.05) is 12.4 Å². The third kappa shape index (κ3) is 6.62. The third-order valence-electron chi connectivity index (χ3n) is 5.32. The van der Waals surface area contributed by atoms with Gasteiger partial charge in [-0.05, 0) is 59.7 Å². The number of nitrogens with one attached hydrogen (secondary N) is 1. The molecule has 0 saturated carbocycles. The Morgan fingerprint density at radius 2 is 1.60 bits per heavy atom. The van der Waals surface area contributed by atoms with Gasteiger partial charge in [0.25, 0.3) is 11.8 Å². The van der Waals surface area contributed by atoms with E-state index >= 15 is 4.39 Å². The van der Waals surface area contributed by atoms with Crippen molar-refractivity contribution >= 4 is 17.5 Å². The first-order valence-corrected chi connectivity index (χ1v) is 11.2. The Bertz CT molecular complexity index is 1560. The van der Waals surface area contributed by atoms with Gasteiger partial charge in [-0.25, -0.2) is 13.8 Å². The van der Waals surface area contributed by atoms with Crippen molar-refractivity contribution in [1.82, 2.24) is 4.98 Å². The summed E-state index contributed by atoms with van der Waals surface area (Å²) in [4.78, 5) is 28.2. The fraction of sp³-hybridized carbons (Fsp3) is 0.0741. The highest BCUT2D eigenvalue weighted by Crippen LogP contribution is 2.39. The highest BCUT2D eigenvalue weighted by atomic mass is 19.4. The lowest BCUT2D eigenvalue weighted by Crippen LogP contribution is -2.17. The van der Waals surface area contributed by atoms with Crippen LogP contribution in [-0.2, 0) is 0 Å². The molecule has 1 aromatic heterocycles. The largest absolute Gasteiger partial charge is 0.573 e. The molecule has 4 aromatic rings. The number of hydrogen-bond donors (Lipinski definition) is 2. The van der Waals surface area contributed by atoms with Gasteiger partial charge in [0.05, 0.1) is 19.0 Å². The number of pyridine rings is 1. The van der Waals surface area contributed by atoms with Crippen LogP contribution in [0, 0.1) is 11.6 Å². The van der Waals surface area contributed by atoms with E-state index in [1.54, 1.807) is 0 Å².